The summed E-state index contributed by atoms with van der Waals surface area (Å²) in [6.07, 6.45) is 1.15. The van der Waals surface area contributed by atoms with Gasteiger partial charge in [0.1, 0.15) is 36.0 Å². The number of hydrogen-bond donors (Lipinski definition) is 6. The summed E-state index contributed by atoms with van der Waals surface area (Å²) < 4.78 is 0. The van der Waals surface area contributed by atoms with E-state index in [0.29, 0.717) is 37.8 Å². The highest BCUT2D eigenvalue weighted by Crippen LogP contribution is 2.22. The SMILES string of the molecule is CC[C@H](C)[C@H](NC(=O)[C@@H]1CCCN1C(=O)[C@H](CCC(=O)[O-])NC(=O)[C@@H](NC(=O)[C@H](Cc1ccccc1)NC(=O)[C@@H]1CCCN1C(=O)[C@@H]([NH3+])Cc1ccc(O)cc1)C(C)C)C(=O)[O-]. The predicted molar refractivity (Wildman–Crippen MR) is 219 cm³/mol. The van der Waals surface area contributed by atoms with E-state index >= 15 is 0 Å². The van der Waals surface area contributed by atoms with E-state index < -0.39 is 108 Å². The third kappa shape index (κ3) is 13.2. The van der Waals surface area contributed by atoms with Crippen LogP contribution in [0.3, 0.4) is 0 Å². The molecule has 8 atom stereocenters. The van der Waals surface area contributed by atoms with E-state index in [4.69, 9.17) is 0 Å². The Kier molecular flexibility index (Phi) is 17.8. The van der Waals surface area contributed by atoms with Crippen LogP contribution in [0.4, 0.5) is 0 Å². The summed E-state index contributed by atoms with van der Waals surface area (Å²) in [6.45, 7) is 7.08. The first-order valence-corrected chi connectivity index (χ1v) is 21.3. The highest BCUT2D eigenvalue weighted by molar-refractivity contribution is 5.97. The molecule has 18 heteroatoms. The smallest absolute Gasteiger partial charge is 0.281 e. The fourth-order valence-electron chi connectivity index (χ4n) is 7.86. The first kappa shape index (κ1) is 48.6. The Labute approximate surface area is 361 Å². The molecular weight excluding hydrogens is 803 g/mol. The van der Waals surface area contributed by atoms with Gasteiger partial charge in [-0.2, -0.15) is 0 Å². The molecular formula is C44H60N7O11-. The van der Waals surface area contributed by atoms with Crippen molar-refractivity contribution in [2.75, 3.05) is 13.1 Å². The van der Waals surface area contributed by atoms with Crippen LogP contribution in [-0.2, 0) is 51.2 Å². The van der Waals surface area contributed by atoms with Gasteiger partial charge in [0.2, 0.25) is 29.5 Å². The number of carboxylic acid groups (broad SMARTS) is 2. The Morgan fingerprint density at radius 3 is 1.82 bits per heavy atom. The Hall–Kier alpha value is -6.04. The van der Waals surface area contributed by atoms with Gasteiger partial charge in [0.15, 0.2) is 6.04 Å². The minimum Gasteiger partial charge on any atom is -0.550 e. The van der Waals surface area contributed by atoms with Crippen molar-refractivity contribution in [3.63, 3.8) is 0 Å². The highest BCUT2D eigenvalue weighted by Gasteiger charge is 2.41. The second kappa shape index (κ2) is 22.7. The lowest BCUT2D eigenvalue weighted by Crippen LogP contribution is -2.70. The van der Waals surface area contributed by atoms with Crippen molar-refractivity contribution in [1.82, 2.24) is 31.1 Å². The van der Waals surface area contributed by atoms with E-state index in [1.165, 1.54) is 21.9 Å². The molecule has 2 aromatic carbocycles. The number of phenolic OH excluding ortho intramolecular Hbond substituents is 1. The standard InChI is InChI=1S/C44H61N7O11/c1-5-26(4)37(44(61)62)49-40(57)34-14-10-22-51(34)43(60)31(19-20-35(53)54)46-41(58)36(25(2)3)48-38(55)32(24-27-11-7-6-8-12-27)47-39(56)33-13-9-21-50(33)42(59)30(45)23-28-15-17-29(52)18-16-28/h6-8,11-12,15-18,25-26,30-34,36-37,52H,5,9-10,13-14,19-24,45H2,1-4H3,(H,46,58)(H,47,56)(H,48,55)(H,49,57)(H,53,54)(H,61,62)/p-1/t26-,30-,31-,32-,33-,34-,36-,37-/m0/s1. The van der Waals surface area contributed by atoms with Gasteiger partial charge in [-0.3, -0.25) is 28.8 Å². The van der Waals surface area contributed by atoms with Crippen molar-refractivity contribution in [3.8, 4) is 5.75 Å². The molecule has 338 valence electrons. The molecule has 62 heavy (non-hydrogen) atoms. The van der Waals surface area contributed by atoms with Crippen molar-refractivity contribution >= 4 is 47.4 Å². The van der Waals surface area contributed by atoms with Crippen LogP contribution in [0.2, 0.25) is 0 Å². The van der Waals surface area contributed by atoms with E-state index in [1.807, 2.05) is 0 Å². The highest BCUT2D eigenvalue weighted by atomic mass is 16.4. The second-order valence-electron chi connectivity index (χ2n) is 16.6. The summed E-state index contributed by atoms with van der Waals surface area (Å²) in [5.41, 5.74) is 5.50. The van der Waals surface area contributed by atoms with Crippen LogP contribution >= 0.6 is 0 Å². The zero-order valence-electron chi connectivity index (χ0n) is 35.8. The molecule has 0 saturated carbocycles. The molecule has 2 aliphatic heterocycles. The lowest BCUT2D eigenvalue weighted by Gasteiger charge is -2.32. The van der Waals surface area contributed by atoms with Gasteiger partial charge in [-0.15, -0.1) is 0 Å². The number of carbonyl (C=O) groups excluding carboxylic acids is 8. The first-order chi connectivity index (χ1) is 29.4. The molecule has 0 aromatic heterocycles. The van der Waals surface area contributed by atoms with Crippen LogP contribution in [0.5, 0.6) is 5.75 Å². The number of nitrogens with one attached hydrogen (secondary N) is 4. The van der Waals surface area contributed by atoms with Gasteiger partial charge in [0.25, 0.3) is 5.91 Å². The fraction of sp³-hybridized carbons (Fsp3) is 0.545. The number of carboxylic acids is 2. The number of carbonyl (C=O) groups is 8. The molecule has 0 spiro atoms. The third-order valence-electron chi connectivity index (χ3n) is 11.6. The van der Waals surface area contributed by atoms with E-state index in [1.54, 1.807) is 70.2 Å². The van der Waals surface area contributed by atoms with Crippen molar-refractivity contribution in [2.45, 2.75) is 128 Å². The van der Waals surface area contributed by atoms with Crippen LogP contribution in [-0.4, -0.2) is 118 Å². The lowest BCUT2D eigenvalue weighted by molar-refractivity contribution is -0.405. The van der Waals surface area contributed by atoms with Crippen LogP contribution < -0.4 is 37.2 Å². The number of amides is 6. The molecule has 0 bridgehead atoms. The Morgan fingerprint density at radius 1 is 0.710 bits per heavy atom. The number of hydrogen-bond acceptors (Lipinski definition) is 11. The molecule has 6 amide bonds. The van der Waals surface area contributed by atoms with Crippen molar-refractivity contribution in [2.24, 2.45) is 11.8 Å². The molecule has 2 aliphatic rings. The summed E-state index contributed by atoms with van der Waals surface area (Å²) in [6, 6.07) is 7.26. The largest absolute Gasteiger partial charge is 0.550 e. The summed E-state index contributed by atoms with van der Waals surface area (Å²) in [7, 11) is 0. The molecule has 18 nitrogen and oxygen atoms in total. The van der Waals surface area contributed by atoms with Gasteiger partial charge in [0.05, 0.1) is 12.0 Å². The lowest BCUT2D eigenvalue weighted by atomic mass is 9.98. The van der Waals surface area contributed by atoms with Gasteiger partial charge in [-0.25, -0.2) is 0 Å². The van der Waals surface area contributed by atoms with E-state index in [-0.39, 0.29) is 37.5 Å². The van der Waals surface area contributed by atoms with Crippen LogP contribution in [0.15, 0.2) is 54.6 Å². The third-order valence-corrected chi connectivity index (χ3v) is 11.6. The van der Waals surface area contributed by atoms with Gasteiger partial charge in [-0.05, 0) is 73.6 Å². The fourth-order valence-corrected chi connectivity index (χ4v) is 7.86. The molecule has 0 radical (unpaired) electrons. The maximum absolute atomic E-state index is 14.2. The monoisotopic (exact) mass is 862 g/mol. The average Bonchev–Trinajstić information content (AvgIpc) is 3.94. The molecule has 2 aromatic rings. The van der Waals surface area contributed by atoms with Crippen molar-refractivity contribution in [1.29, 1.82) is 0 Å². The van der Waals surface area contributed by atoms with Crippen molar-refractivity contribution < 1.29 is 59.4 Å². The number of aromatic hydroxyl groups is 1. The minimum atomic E-state index is -1.49. The molecule has 2 saturated heterocycles. The van der Waals surface area contributed by atoms with Crippen molar-refractivity contribution in [3.05, 3.63) is 65.7 Å². The normalized spacial score (nSPS) is 19.1. The van der Waals surface area contributed by atoms with Crippen LogP contribution in [0, 0.1) is 11.8 Å². The van der Waals surface area contributed by atoms with E-state index in [9.17, 15) is 53.7 Å². The Bertz CT molecular complexity index is 1910. The molecule has 2 heterocycles. The molecule has 0 aliphatic carbocycles. The topological polar surface area (TPSA) is 285 Å². The molecule has 0 unspecified atom stereocenters. The zero-order valence-corrected chi connectivity index (χ0v) is 35.8. The molecule has 8 N–H and O–H groups in total. The second-order valence-corrected chi connectivity index (χ2v) is 16.6. The van der Waals surface area contributed by atoms with Gasteiger partial charge in [-0.1, -0.05) is 76.6 Å². The Morgan fingerprint density at radius 2 is 1.27 bits per heavy atom. The zero-order chi connectivity index (χ0) is 45.7. The summed E-state index contributed by atoms with van der Waals surface area (Å²) in [5, 5.41) is 43.6. The van der Waals surface area contributed by atoms with E-state index in [2.05, 4.69) is 27.0 Å². The summed E-state index contributed by atoms with van der Waals surface area (Å²) in [5.74, 6) is -7.88. The predicted octanol–water partition coefficient (Wildman–Crippen LogP) is -2.31. The first-order valence-electron chi connectivity index (χ1n) is 21.3. The average molecular weight is 863 g/mol. The summed E-state index contributed by atoms with van der Waals surface area (Å²) >= 11 is 0. The molecule has 4 rings (SSSR count). The maximum atomic E-state index is 14.2. The number of nitrogens with zero attached hydrogens (tertiary/aromatic N) is 2. The van der Waals surface area contributed by atoms with E-state index in [0.717, 1.165) is 5.56 Å². The number of likely N-dealkylation sites (tertiary alicyclic amines) is 2. The number of rotatable bonds is 21. The molecule has 2 fully saturated rings. The van der Waals surface area contributed by atoms with Crippen LogP contribution in [0.25, 0.3) is 0 Å². The van der Waals surface area contributed by atoms with Gasteiger partial charge < -0.3 is 61.7 Å². The summed E-state index contributed by atoms with van der Waals surface area (Å²) in [4.78, 5) is 109. The van der Waals surface area contributed by atoms with Crippen LogP contribution in [0.1, 0.15) is 83.8 Å². The number of aliphatic carboxylic acids is 2. The maximum Gasteiger partial charge on any atom is 0.281 e. The number of quaternary nitrogens is 1. The number of phenols is 1. The van der Waals surface area contributed by atoms with Gasteiger partial charge in [0, 0.05) is 31.9 Å². The number of benzene rings is 2. The van der Waals surface area contributed by atoms with Gasteiger partial charge >= 0.3 is 0 Å². The quantitative estimate of drug-likeness (QED) is 0.0776. The Balaban J connectivity index is 1.51. The minimum absolute atomic E-state index is 0.0191.